The lowest BCUT2D eigenvalue weighted by Crippen LogP contribution is -2.35. The number of carbonyl (C=O) groups is 1. The van der Waals surface area contributed by atoms with Crippen LogP contribution in [0.5, 0.6) is 11.5 Å². The number of nitrogens with zero attached hydrogens (tertiary/aromatic N) is 1. The number of hydrogen-bond acceptors (Lipinski definition) is 3. The SMILES string of the molecule is COc1ccc(C(=O)N2CCc3[nH]c4ccc(C(C)(C)C)cc4c3C2)cc1OC. The van der Waals surface area contributed by atoms with Crippen LogP contribution in [0.15, 0.2) is 36.4 Å². The Kier molecular flexibility index (Phi) is 4.77. The Bertz CT molecular complexity index is 1080. The molecule has 1 N–H and O–H groups in total. The zero-order valence-corrected chi connectivity index (χ0v) is 17.8. The lowest BCUT2D eigenvalue weighted by Gasteiger charge is -2.28. The number of aromatic nitrogens is 1. The van der Waals surface area contributed by atoms with E-state index >= 15 is 0 Å². The molecule has 1 aromatic heterocycles. The van der Waals surface area contributed by atoms with Crippen LogP contribution < -0.4 is 9.47 Å². The summed E-state index contributed by atoms with van der Waals surface area (Å²) in [5.74, 6) is 1.20. The Labute approximate surface area is 171 Å². The second kappa shape index (κ2) is 7.14. The summed E-state index contributed by atoms with van der Waals surface area (Å²) < 4.78 is 10.6. The van der Waals surface area contributed by atoms with Crippen molar-refractivity contribution >= 4 is 16.8 Å². The fourth-order valence-corrected chi connectivity index (χ4v) is 4.01. The van der Waals surface area contributed by atoms with E-state index in [4.69, 9.17) is 9.47 Å². The van der Waals surface area contributed by atoms with Gasteiger partial charge in [0.1, 0.15) is 0 Å². The van der Waals surface area contributed by atoms with Crippen LogP contribution in [0.25, 0.3) is 10.9 Å². The quantitative estimate of drug-likeness (QED) is 0.704. The number of fused-ring (bicyclic) bond motifs is 3. The molecule has 1 aliphatic rings. The van der Waals surface area contributed by atoms with Crippen molar-refractivity contribution in [2.45, 2.75) is 39.2 Å². The molecule has 4 rings (SSSR count). The third-order valence-corrected chi connectivity index (χ3v) is 5.76. The number of rotatable bonds is 3. The van der Waals surface area contributed by atoms with Gasteiger partial charge < -0.3 is 19.4 Å². The van der Waals surface area contributed by atoms with Gasteiger partial charge in [-0.3, -0.25) is 4.79 Å². The number of methoxy groups -OCH3 is 2. The Hall–Kier alpha value is -2.95. The topological polar surface area (TPSA) is 54.6 Å². The van der Waals surface area contributed by atoms with E-state index in [2.05, 4.69) is 44.0 Å². The molecule has 0 fully saturated rings. The smallest absolute Gasteiger partial charge is 0.254 e. The maximum atomic E-state index is 13.2. The number of aromatic amines is 1. The van der Waals surface area contributed by atoms with Crippen LogP contribution >= 0.6 is 0 Å². The van der Waals surface area contributed by atoms with Crippen molar-refractivity contribution in [1.82, 2.24) is 9.88 Å². The van der Waals surface area contributed by atoms with Crippen molar-refractivity contribution in [2.24, 2.45) is 0 Å². The minimum atomic E-state index is 0.0120. The van der Waals surface area contributed by atoms with Gasteiger partial charge in [0, 0.05) is 47.2 Å². The molecule has 0 saturated heterocycles. The van der Waals surface area contributed by atoms with E-state index in [1.54, 1.807) is 32.4 Å². The van der Waals surface area contributed by atoms with E-state index in [-0.39, 0.29) is 11.3 Å². The number of ether oxygens (including phenoxy) is 2. The maximum Gasteiger partial charge on any atom is 0.254 e. The molecule has 2 aromatic carbocycles. The molecule has 0 spiro atoms. The predicted octanol–water partition coefficient (Wildman–Crippen LogP) is 4.68. The van der Waals surface area contributed by atoms with Crippen LogP contribution in [0.3, 0.4) is 0 Å². The first-order valence-corrected chi connectivity index (χ1v) is 9.97. The van der Waals surface area contributed by atoms with Gasteiger partial charge in [-0.25, -0.2) is 0 Å². The molecule has 0 radical (unpaired) electrons. The molecule has 0 atom stereocenters. The van der Waals surface area contributed by atoms with E-state index in [0.717, 1.165) is 11.9 Å². The highest BCUT2D eigenvalue weighted by atomic mass is 16.5. The maximum absolute atomic E-state index is 13.2. The second-order valence-corrected chi connectivity index (χ2v) is 8.64. The highest BCUT2D eigenvalue weighted by Gasteiger charge is 2.26. The van der Waals surface area contributed by atoms with Crippen LogP contribution in [-0.2, 0) is 18.4 Å². The first-order valence-electron chi connectivity index (χ1n) is 9.97. The molecule has 29 heavy (non-hydrogen) atoms. The molecule has 1 aliphatic heterocycles. The van der Waals surface area contributed by atoms with Crippen LogP contribution in [0.1, 0.15) is 48.0 Å². The molecule has 0 aliphatic carbocycles. The Balaban J connectivity index is 1.66. The van der Waals surface area contributed by atoms with Gasteiger partial charge in [0.15, 0.2) is 11.5 Å². The predicted molar refractivity (Wildman–Crippen MR) is 115 cm³/mol. The van der Waals surface area contributed by atoms with E-state index in [0.29, 0.717) is 30.2 Å². The number of H-pyrrole nitrogens is 1. The standard InChI is InChI=1S/C24H28N2O3/c1-24(2,3)16-7-8-19-17(13-16)18-14-26(11-10-20(18)25-19)23(27)15-6-9-21(28-4)22(12-15)29-5/h6-9,12-13,25H,10-11,14H2,1-5H3. The van der Waals surface area contributed by atoms with Crippen LogP contribution in [-0.4, -0.2) is 36.6 Å². The monoisotopic (exact) mass is 392 g/mol. The summed E-state index contributed by atoms with van der Waals surface area (Å²) in [6, 6.07) is 12.0. The average Bonchev–Trinajstić information content (AvgIpc) is 3.09. The van der Waals surface area contributed by atoms with E-state index in [9.17, 15) is 4.79 Å². The molecule has 0 unspecified atom stereocenters. The van der Waals surface area contributed by atoms with Crippen molar-refractivity contribution in [2.75, 3.05) is 20.8 Å². The third kappa shape index (κ3) is 3.46. The Morgan fingerprint density at radius 2 is 1.79 bits per heavy atom. The molecule has 0 bridgehead atoms. The lowest BCUT2D eigenvalue weighted by molar-refractivity contribution is 0.0734. The van der Waals surface area contributed by atoms with Gasteiger partial charge in [-0.1, -0.05) is 26.8 Å². The molecule has 2 heterocycles. The average molecular weight is 392 g/mol. The highest BCUT2D eigenvalue weighted by molar-refractivity contribution is 5.96. The van der Waals surface area contributed by atoms with Gasteiger partial charge in [0.25, 0.3) is 5.91 Å². The van der Waals surface area contributed by atoms with Gasteiger partial charge >= 0.3 is 0 Å². The summed E-state index contributed by atoms with van der Waals surface area (Å²) in [6.45, 7) is 7.97. The number of hydrogen-bond donors (Lipinski definition) is 1. The van der Waals surface area contributed by atoms with Gasteiger partial charge in [-0.05, 0) is 41.3 Å². The lowest BCUT2D eigenvalue weighted by atomic mass is 9.86. The molecule has 152 valence electrons. The van der Waals surface area contributed by atoms with Crippen molar-refractivity contribution in [1.29, 1.82) is 0 Å². The summed E-state index contributed by atoms with van der Waals surface area (Å²) in [7, 11) is 3.17. The first kappa shape index (κ1) is 19.4. The van der Waals surface area contributed by atoms with Gasteiger partial charge in [0.2, 0.25) is 0 Å². The van der Waals surface area contributed by atoms with Crippen molar-refractivity contribution in [3.63, 3.8) is 0 Å². The molecule has 3 aromatic rings. The van der Waals surface area contributed by atoms with Crippen LogP contribution in [0, 0.1) is 0 Å². The van der Waals surface area contributed by atoms with E-state index in [1.807, 2.05) is 4.90 Å². The first-order chi connectivity index (χ1) is 13.8. The van der Waals surface area contributed by atoms with E-state index in [1.165, 1.54) is 22.2 Å². The minimum absolute atomic E-state index is 0.0120. The molecular weight excluding hydrogens is 364 g/mol. The molecule has 5 heteroatoms. The number of nitrogens with one attached hydrogen (secondary N) is 1. The number of benzene rings is 2. The van der Waals surface area contributed by atoms with Gasteiger partial charge in [0.05, 0.1) is 14.2 Å². The molecule has 1 amide bonds. The number of carbonyl (C=O) groups excluding carboxylic acids is 1. The fraction of sp³-hybridized carbons (Fsp3) is 0.375. The van der Waals surface area contributed by atoms with Gasteiger partial charge in [-0.2, -0.15) is 0 Å². The molecule has 5 nitrogen and oxygen atoms in total. The van der Waals surface area contributed by atoms with Crippen LogP contribution in [0.2, 0.25) is 0 Å². The van der Waals surface area contributed by atoms with Crippen molar-refractivity contribution < 1.29 is 14.3 Å². The Morgan fingerprint density at radius 1 is 1.03 bits per heavy atom. The number of amides is 1. The Morgan fingerprint density at radius 3 is 2.48 bits per heavy atom. The second-order valence-electron chi connectivity index (χ2n) is 8.64. The third-order valence-electron chi connectivity index (χ3n) is 5.76. The summed E-state index contributed by atoms with van der Waals surface area (Å²) in [4.78, 5) is 18.7. The fourth-order valence-electron chi connectivity index (χ4n) is 4.01. The van der Waals surface area contributed by atoms with Crippen LogP contribution in [0.4, 0.5) is 0 Å². The van der Waals surface area contributed by atoms with Gasteiger partial charge in [-0.15, -0.1) is 0 Å². The van der Waals surface area contributed by atoms with Crippen molar-refractivity contribution in [3.05, 3.63) is 58.8 Å². The summed E-state index contributed by atoms with van der Waals surface area (Å²) in [6.07, 6.45) is 0.827. The zero-order valence-electron chi connectivity index (χ0n) is 17.8. The zero-order chi connectivity index (χ0) is 20.8. The molecular formula is C24H28N2O3. The highest BCUT2D eigenvalue weighted by Crippen LogP contribution is 2.33. The molecule has 0 saturated carbocycles. The van der Waals surface area contributed by atoms with Crippen molar-refractivity contribution in [3.8, 4) is 11.5 Å². The normalized spacial score (nSPS) is 14.0. The minimum Gasteiger partial charge on any atom is -0.493 e. The summed E-state index contributed by atoms with van der Waals surface area (Å²) in [5.41, 5.74) is 5.61. The largest absolute Gasteiger partial charge is 0.493 e. The van der Waals surface area contributed by atoms with E-state index < -0.39 is 0 Å². The summed E-state index contributed by atoms with van der Waals surface area (Å²) >= 11 is 0. The summed E-state index contributed by atoms with van der Waals surface area (Å²) in [5, 5.41) is 1.22.